The van der Waals surface area contributed by atoms with Crippen LogP contribution >= 0.6 is 23.8 Å². The lowest BCUT2D eigenvalue weighted by Gasteiger charge is -2.11. The molecule has 7 heteroatoms. The topological polar surface area (TPSA) is 67.2 Å². The molecule has 5 nitrogen and oxygen atoms in total. The first-order chi connectivity index (χ1) is 15.8. The maximum absolute atomic E-state index is 12.4. The molecule has 0 fully saturated rings. The van der Waals surface area contributed by atoms with E-state index in [0.717, 1.165) is 34.3 Å². The van der Waals surface area contributed by atoms with Crippen molar-refractivity contribution >= 4 is 51.6 Å². The number of amides is 1. The van der Waals surface area contributed by atoms with E-state index in [4.69, 9.17) is 28.2 Å². The van der Waals surface area contributed by atoms with Gasteiger partial charge in [-0.1, -0.05) is 37.6 Å². The molecule has 1 atom stereocenters. The molecule has 0 bridgehead atoms. The molecule has 1 aromatic heterocycles. The van der Waals surface area contributed by atoms with Gasteiger partial charge in [-0.15, -0.1) is 0 Å². The van der Waals surface area contributed by atoms with Gasteiger partial charge in [0.05, 0.1) is 10.6 Å². The zero-order chi connectivity index (χ0) is 23.5. The van der Waals surface area contributed by atoms with Gasteiger partial charge >= 0.3 is 0 Å². The molecule has 0 aliphatic heterocycles. The van der Waals surface area contributed by atoms with Crippen molar-refractivity contribution in [1.29, 1.82) is 0 Å². The molecule has 0 radical (unpaired) electrons. The minimum atomic E-state index is -0.364. The van der Waals surface area contributed by atoms with E-state index in [1.165, 1.54) is 5.56 Å². The first-order valence-electron chi connectivity index (χ1n) is 10.7. The van der Waals surface area contributed by atoms with Crippen LogP contribution in [0.3, 0.4) is 0 Å². The SMILES string of the molecule is CC[C@@H](C)c1ccc2oc(-c3ccc(NC(=S)NC(=O)c4ccc(C)cc4Cl)cc3)nc2c1. The van der Waals surface area contributed by atoms with E-state index in [1.54, 1.807) is 12.1 Å². The van der Waals surface area contributed by atoms with Crippen molar-refractivity contribution in [2.75, 3.05) is 5.32 Å². The Balaban J connectivity index is 1.43. The van der Waals surface area contributed by atoms with Gasteiger partial charge in [-0.25, -0.2) is 4.98 Å². The van der Waals surface area contributed by atoms with Crippen molar-refractivity contribution in [2.45, 2.75) is 33.1 Å². The molecule has 33 heavy (non-hydrogen) atoms. The van der Waals surface area contributed by atoms with Gasteiger partial charge in [-0.05, 0) is 91.1 Å². The van der Waals surface area contributed by atoms with Gasteiger partial charge in [-0.2, -0.15) is 0 Å². The van der Waals surface area contributed by atoms with Crippen LogP contribution in [0.5, 0.6) is 0 Å². The van der Waals surface area contributed by atoms with Gasteiger partial charge in [0, 0.05) is 11.3 Å². The van der Waals surface area contributed by atoms with Crippen LogP contribution < -0.4 is 10.6 Å². The van der Waals surface area contributed by atoms with Crippen LogP contribution in [0.4, 0.5) is 5.69 Å². The summed E-state index contributed by atoms with van der Waals surface area (Å²) < 4.78 is 5.94. The lowest BCUT2D eigenvalue weighted by molar-refractivity contribution is 0.0978. The minimum Gasteiger partial charge on any atom is -0.436 e. The number of thiocarbonyl (C=S) groups is 1. The van der Waals surface area contributed by atoms with E-state index in [1.807, 2.05) is 43.3 Å². The van der Waals surface area contributed by atoms with Gasteiger partial charge < -0.3 is 9.73 Å². The zero-order valence-electron chi connectivity index (χ0n) is 18.6. The van der Waals surface area contributed by atoms with Crippen LogP contribution in [0.1, 0.15) is 47.7 Å². The van der Waals surface area contributed by atoms with Crippen LogP contribution in [-0.2, 0) is 0 Å². The Morgan fingerprint density at radius 3 is 2.58 bits per heavy atom. The number of anilines is 1. The lowest BCUT2D eigenvalue weighted by Crippen LogP contribution is -2.34. The molecular weight excluding hydrogens is 454 g/mol. The highest BCUT2D eigenvalue weighted by Crippen LogP contribution is 2.28. The molecular formula is C26H24ClN3O2S. The molecule has 0 aliphatic carbocycles. The zero-order valence-corrected chi connectivity index (χ0v) is 20.2. The maximum atomic E-state index is 12.4. The number of halogens is 1. The first-order valence-corrected chi connectivity index (χ1v) is 11.5. The second kappa shape index (κ2) is 9.73. The van der Waals surface area contributed by atoms with Crippen LogP contribution in [0, 0.1) is 6.92 Å². The maximum Gasteiger partial charge on any atom is 0.258 e. The van der Waals surface area contributed by atoms with Crippen LogP contribution in [0.2, 0.25) is 5.02 Å². The van der Waals surface area contributed by atoms with E-state index in [0.29, 0.717) is 22.4 Å². The van der Waals surface area contributed by atoms with Crippen molar-refractivity contribution in [3.63, 3.8) is 0 Å². The molecule has 0 aliphatic rings. The number of fused-ring (bicyclic) bond motifs is 1. The summed E-state index contributed by atoms with van der Waals surface area (Å²) >= 11 is 11.4. The number of aryl methyl sites for hydroxylation is 1. The number of carbonyl (C=O) groups is 1. The second-order valence-electron chi connectivity index (χ2n) is 8.02. The Labute approximate surface area is 203 Å². The van der Waals surface area contributed by atoms with Crippen LogP contribution in [0.15, 0.2) is 65.1 Å². The molecule has 0 saturated carbocycles. The average Bonchev–Trinajstić information content (AvgIpc) is 3.22. The van der Waals surface area contributed by atoms with Crippen molar-refractivity contribution < 1.29 is 9.21 Å². The number of aromatic nitrogens is 1. The van der Waals surface area contributed by atoms with Gasteiger partial charge in [0.15, 0.2) is 10.7 Å². The predicted octanol–water partition coefficient (Wildman–Crippen LogP) is 7.10. The summed E-state index contributed by atoms with van der Waals surface area (Å²) in [5.74, 6) is 0.673. The lowest BCUT2D eigenvalue weighted by atomic mass is 9.98. The number of hydrogen-bond donors (Lipinski definition) is 2. The second-order valence-corrected chi connectivity index (χ2v) is 8.84. The highest BCUT2D eigenvalue weighted by Gasteiger charge is 2.13. The largest absolute Gasteiger partial charge is 0.436 e. The third-order valence-electron chi connectivity index (χ3n) is 5.58. The molecule has 0 saturated heterocycles. The Kier molecular flexibility index (Phi) is 6.77. The van der Waals surface area contributed by atoms with E-state index < -0.39 is 0 Å². The number of rotatable bonds is 5. The number of hydrogen-bond acceptors (Lipinski definition) is 4. The monoisotopic (exact) mass is 477 g/mol. The molecule has 1 amide bonds. The fourth-order valence-electron chi connectivity index (χ4n) is 3.44. The van der Waals surface area contributed by atoms with Gasteiger partial charge in [0.25, 0.3) is 5.91 Å². The summed E-state index contributed by atoms with van der Waals surface area (Å²) in [6.07, 6.45) is 1.07. The fraction of sp³-hybridized carbons (Fsp3) is 0.192. The quantitative estimate of drug-likeness (QED) is 0.300. The van der Waals surface area contributed by atoms with Crippen molar-refractivity contribution in [2.24, 2.45) is 0 Å². The minimum absolute atomic E-state index is 0.184. The Morgan fingerprint density at radius 2 is 1.88 bits per heavy atom. The van der Waals surface area contributed by atoms with Crippen molar-refractivity contribution in [3.8, 4) is 11.5 Å². The number of carbonyl (C=O) groups excluding carboxylic acids is 1. The molecule has 4 rings (SSSR count). The highest BCUT2D eigenvalue weighted by atomic mass is 35.5. The summed E-state index contributed by atoms with van der Waals surface area (Å²) in [7, 11) is 0. The number of nitrogens with one attached hydrogen (secondary N) is 2. The fourth-order valence-corrected chi connectivity index (χ4v) is 3.97. The van der Waals surface area contributed by atoms with Gasteiger partial charge in [-0.3, -0.25) is 10.1 Å². The van der Waals surface area contributed by atoms with E-state index in [-0.39, 0.29) is 11.0 Å². The Bertz CT molecular complexity index is 1330. The van der Waals surface area contributed by atoms with E-state index in [9.17, 15) is 4.79 Å². The Hall–Kier alpha value is -3.22. The standard InChI is InChI=1S/C26H24ClN3O2S/c1-4-16(3)18-8-12-23-22(14-18)29-25(32-23)17-6-9-19(10-7-17)28-26(33)30-24(31)20-11-5-15(2)13-21(20)27/h5-14,16H,4H2,1-3H3,(H2,28,30,31,33)/t16-/m1/s1. The van der Waals surface area contributed by atoms with Gasteiger partial charge in [0.1, 0.15) is 5.52 Å². The normalized spacial score (nSPS) is 11.9. The molecule has 4 aromatic rings. The van der Waals surface area contributed by atoms with E-state index in [2.05, 4.69) is 41.6 Å². The average molecular weight is 478 g/mol. The molecule has 0 unspecified atom stereocenters. The van der Waals surface area contributed by atoms with Crippen molar-refractivity contribution in [3.05, 3.63) is 82.4 Å². The molecule has 0 spiro atoms. The third-order valence-corrected chi connectivity index (χ3v) is 6.10. The van der Waals surface area contributed by atoms with Crippen molar-refractivity contribution in [1.82, 2.24) is 10.3 Å². The van der Waals surface area contributed by atoms with Gasteiger partial charge in [0.2, 0.25) is 5.89 Å². The summed E-state index contributed by atoms with van der Waals surface area (Å²) in [5, 5.41) is 6.23. The molecule has 168 valence electrons. The summed E-state index contributed by atoms with van der Waals surface area (Å²) in [4.78, 5) is 17.1. The van der Waals surface area contributed by atoms with Crippen LogP contribution in [-0.4, -0.2) is 16.0 Å². The van der Waals surface area contributed by atoms with E-state index >= 15 is 0 Å². The number of oxazole rings is 1. The smallest absolute Gasteiger partial charge is 0.258 e. The first kappa shape index (κ1) is 23.0. The number of benzene rings is 3. The molecule has 3 aromatic carbocycles. The summed E-state index contributed by atoms with van der Waals surface area (Å²) in [6, 6.07) is 18.9. The predicted molar refractivity (Wildman–Crippen MR) is 138 cm³/mol. The summed E-state index contributed by atoms with van der Waals surface area (Å²) in [6.45, 7) is 6.29. The number of nitrogens with zero attached hydrogens (tertiary/aromatic N) is 1. The molecule has 1 heterocycles. The Morgan fingerprint density at radius 1 is 1.12 bits per heavy atom. The summed E-state index contributed by atoms with van der Waals surface area (Å²) in [5.41, 5.74) is 5.80. The highest BCUT2D eigenvalue weighted by molar-refractivity contribution is 7.80. The third kappa shape index (κ3) is 5.24. The molecule has 2 N–H and O–H groups in total. The van der Waals surface area contributed by atoms with Crippen LogP contribution in [0.25, 0.3) is 22.6 Å².